The van der Waals surface area contributed by atoms with Gasteiger partial charge in [-0.1, -0.05) is 60.1 Å². The molecular formula is C21H19ClN2O5. The van der Waals surface area contributed by atoms with Crippen LogP contribution in [0.1, 0.15) is 16.1 Å². The Labute approximate surface area is 171 Å². The summed E-state index contributed by atoms with van der Waals surface area (Å²) >= 11 is 6.21. The van der Waals surface area contributed by atoms with Gasteiger partial charge < -0.3 is 19.8 Å². The van der Waals surface area contributed by atoms with E-state index in [0.717, 1.165) is 5.56 Å². The van der Waals surface area contributed by atoms with Crippen LogP contribution in [0.2, 0.25) is 5.02 Å². The zero-order valence-corrected chi connectivity index (χ0v) is 16.4. The van der Waals surface area contributed by atoms with E-state index >= 15 is 0 Å². The van der Waals surface area contributed by atoms with E-state index in [0.29, 0.717) is 10.9 Å². The highest BCUT2D eigenvalue weighted by atomic mass is 35.5. The zero-order chi connectivity index (χ0) is 20.8. The third kappa shape index (κ3) is 4.94. The molecule has 0 radical (unpaired) electrons. The van der Waals surface area contributed by atoms with Crippen molar-refractivity contribution in [3.05, 3.63) is 70.9 Å². The van der Waals surface area contributed by atoms with E-state index < -0.39 is 30.5 Å². The maximum absolute atomic E-state index is 12.3. The van der Waals surface area contributed by atoms with Gasteiger partial charge in [0.15, 0.2) is 6.61 Å². The van der Waals surface area contributed by atoms with E-state index in [4.69, 9.17) is 21.1 Å². The molecule has 2 aromatic carbocycles. The first-order valence-electron chi connectivity index (χ1n) is 8.84. The average Bonchev–Trinajstić information content (AvgIpc) is 3.08. The van der Waals surface area contributed by atoms with Gasteiger partial charge in [-0.3, -0.25) is 4.79 Å². The standard InChI is InChI=1S/C21H19ClN2O5/c1-28-20(26)16(11-13-7-3-2-4-8-13)23-17(25)12-29-21(27)19-18(22)14-9-5-6-10-15(14)24-19/h2-10,16,24H,11-12H2,1H3,(H,23,25). The summed E-state index contributed by atoms with van der Waals surface area (Å²) in [6.45, 7) is -0.563. The van der Waals surface area contributed by atoms with Crippen LogP contribution in [0.3, 0.4) is 0 Å². The Morgan fingerprint density at radius 2 is 1.76 bits per heavy atom. The number of esters is 2. The summed E-state index contributed by atoms with van der Waals surface area (Å²) in [4.78, 5) is 39.4. The molecule has 2 N–H and O–H groups in total. The number of methoxy groups -OCH3 is 1. The molecule has 29 heavy (non-hydrogen) atoms. The van der Waals surface area contributed by atoms with Gasteiger partial charge in [0.25, 0.3) is 5.91 Å². The molecular weight excluding hydrogens is 396 g/mol. The van der Waals surface area contributed by atoms with Crippen molar-refractivity contribution in [3.8, 4) is 0 Å². The van der Waals surface area contributed by atoms with Crippen LogP contribution < -0.4 is 5.32 Å². The molecule has 0 spiro atoms. The van der Waals surface area contributed by atoms with Crippen molar-refractivity contribution in [3.63, 3.8) is 0 Å². The lowest BCUT2D eigenvalue weighted by atomic mass is 10.1. The summed E-state index contributed by atoms with van der Waals surface area (Å²) in [6, 6.07) is 15.4. The number of fused-ring (bicyclic) bond motifs is 1. The number of rotatable bonds is 7. The van der Waals surface area contributed by atoms with E-state index in [1.807, 2.05) is 30.3 Å². The van der Waals surface area contributed by atoms with Crippen molar-refractivity contribution in [1.29, 1.82) is 0 Å². The van der Waals surface area contributed by atoms with Gasteiger partial charge in [0.1, 0.15) is 11.7 Å². The fourth-order valence-corrected chi connectivity index (χ4v) is 3.16. The molecule has 0 fully saturated rings. The van der Waals surface area contributed by atoms with Gasteiger partial charge in [0, 0.05) is 17.3 Å². The van der Waals surface area contributed by atoms with Crippen LogP contribution in [0.4, 0.5) is 0 Å². The molecule has 150 valence electrons. The Hall–Kier alpha value is -3.32. The molecule has 7 nitrogen and oxygen atoms in total. The van der Waals surface area contributed by atoms with E-state index in [9.17, 15) is 14.4 Å². The first-order valence-corrected chi connectivity index (χ1v) is 9.22. The van der Waals surface area contributed by atoms with E-state index in [-0.39, 0.29) is 17.1 Å². The lowest BCUT2D eigenvalue weighted by Gasteiger charge is -2.16. The smallest absolute Gasteiger partial charge is 0.356 e. The molecule has 0 aliphatic carbocycles. The Balaban J connectivity index is 1.61. The minimum absolute atomic E-state index is 0.0643. The number of nitrogens with one attached hydrogen (secondary N) is 2. The molecule has 0 aliphatic heterocycles. The average molecular weight is 415 g/mol. The number of ether oxygens (including phenoxy) is 2. The first kappa shape index (κ1) is 20.4. The van der Waals surface area contributed by atoms with Gasteiger partial charge in [0.2, 0.25) is 0 Å². The maximum Gasteiger partial charge on any atom is 0.356 e. The highest BCUT2D eigenvalue weighted by Crippen LogP contribution is 2.27. The minimum atomic E-state index is -0.898. The monoisotopic (exact) mass is 414 g/mol. The predicted molar refractivity (Wildman–Crippen MR) is 108 cm³/mol. The summed E-state index contributed by atoms with van der Waals surface area (Å²) in [5, 5.41) is 3.43. The van der Waals surface area contributed by atoms with Crippen LogP contribution in [0.5, 0.6) is 0 Å². The first-order chi connectivity index (χ1) is 14.0. The van der Waals surface area contributed by atoms with Gasteiger partial charge in [-0.15, -0.1) is 0 Å². The fourth-order valence-electron chi connectivity index (χ4n) is 2.87. The second-order valence-electron chi connectivity index (χ2n) is 6.27. The van der Waals surface area contributed by atoms with Crippen LogP contribution in [-0.2, 0) is 25.5 Å². The normalized spacial score (nSPS) is 11.7. The maximum atomic E-state index is 12.3. The van der Waals surface area contributed by atoms with Crippen molar-refractivity contribution < 1.29 is 23.9 Å². The number of aromatic nitrogens is 1. The van der Waals surface area contributed by atoms with Gasteiger partial charge in [0.05, 0.1) is 12.1 Å². The lowest BCUT2D eigenvalue weighted by molar-refractivity contribution is -0.145. The van der Waals surface area contributed by atoms with Gasteiger partial charge in [-0.25, -0.2) is 9.59 Å². The number of hydrogen-bond donors (Lipinski definition) is 2. The van der Waals surface area contributed by atoms with Gasteiger partial charge in [-0.2, -0.15) is 0 Å². The number of hydrogen-bond acceptors (Lipinski definition) is 5. The molecule has 1 heterocycles. The van der Waals surface area contributed by atoms with Gasteiger partial charge in [-0.05, 0) is 11.6 Å². The van der Waals surface area contributed by atoms with Crippen molar-refractivity contribution in [2.24, 2.45) is 0 Å². The molecule has 0 aliphatic rings. The predicted octanol–water partition coefficient (Wildman–Crippen LogP) is 2.88. The molecule has 3 aromatic rings. The second kappa shape index (κ2) is 9.25. The van der Waals surface area contributed by atoms with Crippen LogP contribution in [0, 0.1) is 0 Å². The number of carbonyl (C=O) groups excluding carboxylic acids is 3. The molecule has 3 rings (SSSR count). The van der Waals surface area contributed by atoms with Crippen LogP contribution in [-0.4, -0.2) is 42.6 Å². The summed E-state index contributed by atoms with van der Waals surface area (Å²) in [7, 11) is 1.24. The van der Waals surface area contributed by atoms with Crippen LogP contribution in [0.25, 0.3) is 10.9 Å². The van der Waals surface area contributed by atoms with Crippen LogP contribution >= 0.6 is 11.6 Å². The molecule has 0 saturated carbocycles. The zero-order valence-electron chi connectivity index (χ0n) is 15.6. The number of halogens is 1. The van der Waals surface area contributed by atoms with E-state index in [1.165, 1.54) is 7.11 Å². The molecule has 1 unspecified atom stereocenters. The molecule has 0 bridgehead atoms. The van der Waals surface area contributed by atoms with Crippen molar-refractivity contribution in [1.82, 2.24) is 10.3 Å². The number of para-hydroxylation sites is 1. The van der Waals surface area contributed by atoms with Crippen molar-refractivity contribution in [2.75, 3.05) is 13.7 Å². The summed E-state index contributed by atoms with van der Waals surface area (Å²) < 4.78 is 9.79. The SMILES string of the molecule is COC(=O)C(Cc1ccccc1)NC(=O)COC(=O)c1[nH]c2ccccc2c1Cl. The number of aromatic amines is 1. The van der Waals surface area contributed by atoms with E-state index in [2.05, 4.69) is 10.3 Å². The lowest BCUT2D eigenvalue weighted by Crippen LogP contribution is -2.44. The Morgan fingerprint density at radius 1 is 1.07 bits per heavy atom. The highest BCUT2D eigenvalue weighted by molar-refractivity contribution is 6.38. The van der Waals surface area contributed by atoms with Crippen molar-refractivity contribution >= 4 is 40.3 Å². The molecule has 1 aromatic heterocycles. The molecule has 8 heteroatoms. The molecule has 1 atom stereocenters. The summed E-state index contributed by atoms with van der Waals surface area (Å²) in [5.41, 5.74) is 1.60. The fraction of sp³-hybridized carbons (Fsp3) is 0.190. The Kier molecular flexibility index (Phi) is 6.51. The number of H-pyrrole nitrogens is 1. The third-order valence-electron chi connectivity index (χ3n) is 4.28. The Bertz CT molecular complexity index is 1030. The highest BCUT2D eigenvalue weighted by Gasteiger charge is 2.23. The number of benzene rings is 2. The second-order valence-corrected chi connectivity index (χ2v) is 6.65. The molecule has 0 saturated heterocycles. The third-order valence-corrected chi connectivity index (χ3v) is 4.68. The summed E-state index contributed by atoms with van der Waals surface area (Å²) in [6.07, 6.45) is 0.251. The Morgan fingerprint density at radius 3 is 2.45 bits per heavy atom. The largest absolute Gasteiger partial charge is 0.467 e. The number of amides is 1. The van der Waals surface area contributed by atoms with Gasteiger partial charge >= 0.3 is 11.9 Å². The van der Waals surface area contributed by atoms with Crippen LogP contribution in [0.15, 0.2) is 54.6 Å². The van der Waals surface area contributed by atoms with Crippen molar-refractivity contribution in [2.45, 2.75) is 12.5 Å². The van der Waals surface area contributed by atoms with E-state index in [1.54, 1.807) is 24.3 Å². The minimum Gasteiger partial charge on any atom is -0.467 e. The molecule has 1 amide bonds. The number of carbonyl (C=O) groups is 3. The summed E-state index contributed by atoms with van der Waals surface area (Å²) in [5.74, 6) is -1.98. The topological polar surface area (TPSA) is 97.5 Å². The quantitative estimate of drug-likeness (QED) is 0.579.